The minimum Gasteiger partial charge on any atom is -0.347 e. The number of aromatic nitrogens is 3. The fourth-order valence-corrected chi connectivity index (χ4v) is 3.40. The Kier molecular flexibility index (Phi) is 4.41. The lowest BCUT2D eigenvalue weighted by Gasteiger charge is -2.07. The Labute approximate surface area is 157 Å². The van der Waals surface area contributed by atoms with Crippen molar-refractivity contribution in [2.45, 2.75) is 13.5 Å². The van der Waals surface area contributed by atoms with E-state index in [9.17, 15) is 13.6 Å². The second kappa shape index (κ2) is 6.88. The van der Waals surface area contributed by atoms with Gasteiger partial charge in [0.2, 0.25) is 0 Å². The predicted molar refractivity (Wildman–Crippen MR) is 98.6 cm³/mol. The number of halogens is 2. The number of fused-ring (bicyclic) bond motifs is 1. The van der Waals surface area contributed by atoms with Gasteiger partial charge in [-0.2, -0.15) is 5.10 Å². The van der Waals surface area contributed by atoms with Crippen LogP contribution < -0.4 is 5.32 Å². The van der Waals surface area contributed by atoms with Gasteiger partial charge in [0.15, 0.2) is 5.65 Å². The highest BCUT2D eigenvalue weighted by Crippen LogP contribution is 2.24. The van der Waals surface area contributed by atoms with Crippen molar-refractivity contribution in [3.05, 3.63) is 76.4 Å². The van der Waals surface area contributed by atoms with Crippen LogP contribution in [0.3, 0.4) is 0 Å². The highest BCUT2D eigenvalue weighted by atomic mass is 32.1. The molecule has 4 aromatic rings. The third kappa shape index (κ3) is 3.43. The Morgan fingerprint density at radius 2 is 2.07 bits per heavy atom. The highest BCUT2D eigenvalue weighted by molar-refractivity contribution is 7.13. The van der Waals surface area contributed by atoms with Crippen LogP contribution in [0.2, 0.25) is 0 Å². The summed E-state index contributed by atoms with van der Waals surface area (Å²) < 4.78 is 28.3. The van der Waals surface area contributed by atoms with Crippen molar-refractivity contribution in [3.8, 4) is 10.6 Å². The first-order valence-corrected chi connectivity index (χ1v) is 9.02. The first-order valence-electron chi connectivity index (χ1n) is 8.15. The number of rotatable bonds is 4. The van der Waals surface area contributed by atoms with Crippen LogP contribution in [0.4, 0.5) is 8.78 Å². The number of benzene rings is 1. The van der Waals surface area contributed by atoms with Crippen molar-refractivity contribution in [2.75, 3.05) is 0 Å². The number of hydrogen-bond acceptors (Lipinski definition) is 4. The van der Waals surface area contributed by atoms with Gasteiger partial charge in [0, 0.05) is 29.9 Å². The average molecular weight is 384 g/mol. The van der Waals surface area contributed by atoms with E-state index in [0.29, 0.717) is 5.65 Å². The molecule has 5 nitrogen and oxygen atoms in total. The number of thiophene rings is 1. The quantitative estimate of drug-likeness (QED) is 0.579. The number of nitrogens with zero attached hydrogens (tertiary/aromatic N) is 3. The molecule has 0 spiro atoms. The van der Waals surface area contributed by atoms with Crippen LogP contribution in [-0.4, -0.2) is 20.5 Å². The Balaban J connectivity index is 1.58. The van der Waals surface area contributed by atoms with Crippen LogP contribution in [-0.2, 0) is 6.54 Å². The van der Waals surface area contributed by atoms with Crippen LogP contribution in [0.5, 0.6) is 0 Å². The fourth-order valence-electron chi connectivity index (χ4n) is 2.72. The molecule has 0 radical (unpaired) electrons. The zero-order valence-corrected chi connectivity index (χ0v) is 15.1. The smallest absolute Gasteiger partial charge is 0.270 e. The molecule has 3 heterocycles. The first-order chi connectivity index (χ1) is 13.0. The summed E-state index contributed by atoms with van der Waals surface area (Å²) in [6.45, 7) is 1.77. The van der Waals surface area contributed by atoms with Crippen LogP contribution in [0.1, 0.15) is 21.7 Å². The summed E-state index contributed by atoms with van der Waals surface area (Å²) >= 11 is 1.57. The van der Waals surface area contributed by atoms with E-state index in [1.165, 1.54) is 6.07 Å². The highest BCUT2D eigenvalue weighted by Gasteiger charge is 2.14. The molecule has 27 heavy (non-hydrogen) atoms. The third-order valence-corrected chi connectivity index (χ3v) is 4.96. The maximum atomic E-state index is 13.7. The molecule has 1 aromatic carbocycles. The van der Waals surface area contributed by atoms with Crippen molar-refractivity contribution in [1.29, 1.82) is 0 Å². The van der Waals surface area contributed by atoms with E-state index in [1.807, 2.05) is 30.5 Å². The minimum atomic E-state index is -0.703. The zero-order valence-electron chi connectivity index (χ0n) is 14.2. The number of nitrogens with one attached hydrogen (secondary N) is 1. The summed E-state index contributed by atoms with van der Waals surface area (Å²) in [5.74, 6) is -1.80. The fraction of sp³-hybridized carbons (Fsp3) is 0.105. The van der Waals surface area contributed by atoms with Crippen molar-refractivity contribution >= 4 is 22.9 Å². The molecule has 0 fully saturated rings. The average Bonchev–Trinajstić information content (AvgIpc) is 3.30. The van der Waals surface area contributed by atoms with Gasteiger partial charge in [0.1, 0.15) is 23.0 Å². The zero-order chi connectivity index (χ0) is 19.0. The molecule has 1 N–H and O–H groups in total. The topological polar surface area (TPSA) is 59.3 Å². The largest absolute Gasteiger partial charge is 0.347 e. The molecule has 0 aliphatic heterocycles. The van der Waals surface area contributed by atoms with E-state index in [4.69, 9.17) is 0 Å². The van der Waals surface area contributed by atoms with Gasteiger partial charge in [-0.15, -0.1) is 11.3 Å². The molecule has 4 rings (SSSR count). The Hall–Kier alpha value is -3.13. The van der Waals surface area contributed by atoms with Crippen LogP contribution in [0, 0.1) is 18.6 Å². The number of hydrogen-bond donors (Lipinski definition) is 1. The molecule has 0 unspecified atom stereocenters. The summed E-state index contributed by atoms with van der Waals surface area (Å²) in [4.78, 5) is 17.8. The van der Waals surface area contributed by atoms with Crippen molar-refractivity contribution < 1.29 is 13.6 Å². The lowest BCUT2D eigenvalue weighted by molar-refractivity contribution is 0.0945. The van der Waals surface area contributed by atoms with E-state index in [1.54, 1.807) is 21.9 Å². The molecule has 3 aromatic heterocycles. The normalized spacial score (nSPS) is 11.1. The lowest BCUT2D eigenvalue weighted by atomic mass is 10.2. The van der Waals surface area contributed by atoms with E-state index >= 15 is 0 Å². The van der Waals surface area contributed by atoms with Crippen molar-refractivity contribution in [2.24, 2.45) is 0 Å². The van der Waals surface area contributed by atoms with Gasteiger partial charge in [-0.05, 0) is 30.5 Å². The monoisotopic (exact) mass is 384 g/mol. The van der Waals surface area contributed by atoms with Gasteiger partial charge in [-0.1, -0.05) is 12.1 Å². The summed E-state index contributed by atoms with van der Waals surface area (Å²) in [6, 6.07) is 10.6. The standard InChI is InChI=1S/C19H14F2N4OS/c1-11-7-16(19(26)22-10-12-4-5-13(20)8-14(12)21)23-18-9-15(24-25(11)18)17-3-2-6-27-17/h2-9H,10H2,1H3,(H,22,26). The van der Waals surface area contributed by atoms with E-state index in [2.05, 4.69) is 15.4 Å². The Morgan fingerprint density at radius 3 is 2.81 bits per heavy atom. The van der Waals surface area contributed by atoms with Crippen LogP contribution in [0.15, 0.2) is 47.8 Å². The second-order valence-corrected chi connectivity index (χ2v) is 6.93. The molecule has 0 bridgehead atoms. The number of amides is 1. The van der Waals surface area contributed by atoms with Gasteiger partial charge in [0.05, 0.1) is 4.88 Å². The Bertz CT molecular complexity index is 1140. The Morgan fingerprint density at radius 1 is 1.22 bits per heavy atom. The van der Waals surface area contributed by atoms with Gasteiger partial charge in [0.25, 0.3) is 5.91 Å². The number of carbonyl (C=O) groups is 1. The van der Waals surface area contributed by atoms with E-state index in [-0.39, 0.29) is 17.8 Å². The SMILES string of the molecule is Cc1cc(C(=O)NCc2ccc(F)cc2F)nc2cc(-c3cccs3)nn12. The van der Waals surface area contributed by atoms with E-state index in [0.717, 1.165) is 28.4 Å². The van der Waals surface area contributed by atoms with Gasteiger partial charge in [-0.25, -0.2) is 18.3 Å². The maximum Gasteiger partial charge on any atom is 0.270 e. The van der Waals surface area contributed by atoms with Crippen LogP contribution >= 0.6 is 11.3 Å². The molecule has 0 aliphatic carbocycles. The first kappa shape index (κ1) is 17.3. The molecule has 8 heteroatoms. The third-order valence-electron chi connectivity index (χ3n) is 4.07. The number of aryl methyl sites for hydroxylation is 1. The molecule has 1 amide bonds. The molecular weight excluding hydrogens is 370 g/mol. The lowest BCUT2D eigenvalue weighted by Crippen LogP contribution is -2.25. The predicted octanol–water partition coefficient (Wildman–Crippen LogP) is 3.97. The number of carbonyl (C=O) groups excluding carboxylic acids is 1. The molecule has 0 saturated heterocycles. The summed E-state index contributed by atoms with van der Waals surface area (Å²) in [5.41, 5.74) is 2.50. The molecule has 0 atom stereocenters. The van der Waals surface area contributed by atoms with Crippen LogP contribution in [0.25, 0.3) is 16.2 Å². The van der Waals surface area contributed by atoms with Gasteiger partial charge in [-0.3, -0.25) is 4.79 Å². The summed E-state index contributed by atoms with van der Waals surface area (Å²) in [5, 5.41) is 9.09. The molecular formula is C19H14F2N4OS. The van der Waals surface area contributed by atoms with Crippen molar-refractivity contribution in [1.82, 2.24) is 19.9 Å². The minimum absolute atomic E-state index is 0.0590. The van der Waals surface area contributed by atoms with E-state index < -0.39 is 17.5 Å². The molecule has 0 saturated carbocycles. The summed E-state index contributed by atoms with van der Waals surface area (Å²) in [7, 11) is 0. The van der Waals surface area contributed by atoms with Gasteiger partial charge < -0.3 is 5.32 Å². The van der Waals surface area contributed by atoms with Gasteiger partial charge >= 0.3 is 0 Å². The molecule has 136 valence electrons. The van der Waals surface area contributed by atoms with Crippen molar-refractivity contribution in [3.63, 3.8) is 0 Å². The maximum absolute atomic E-state index is 13.7. The second-order valence-electron chi connectivity index (χ2n) is 5.98. The summed E-state index contributed by atoms with van der Waals surface area (Å²) in [6.07, 6.45) is 0. The molecule has 0 aliphatic rings.